The van der Waals surface area contributed by atoms with Gasteiger partial charge in [0.15, 0.2) is 0 Å². The van der Waals surface area contributed by atoms with Crippen molar-refractivity contribution in [3.05, 3.63) is 11.3 Å². The van der Waals surface area contributed by atoms with Gasteiger partial charge in [-0.1, -0.05) is 0 Å². The first-order chi connectivity index (χ1) is 4.20. The van der Waals surface area contributed by atoms with Gasteiger partial charge in [0, 0.05) is 12.5 Å². The molecule has 2 nitrogen and oxygen atoms in total. The Morgan fingerprint density at radius 2 is 2.33 bits per heavy atom. The number of hydrogen-bond acceptors (Lipinski definition) is 2. The average molecular weight is 127 g/mol. The van der Waals surface area contributed by atoms with E-state index in [1.54, 1.807) is 0 Å². The molecular formula is C7H13NO. The molecule has 0 saturated carbocycles. The highest BCUT2D eigenvalue weighted by Crippen LogP contribution is 2.20. The molecule has 1 atom stereocenters. The second kappa shape index (κ2) is 2.40. The third kappa shape index (κ3) is 1.45. The SMILES string of the molecule is CC1=C(O)C[C@H](N)CC1. The number of hydrogen-bond donors (Lipinski definition) is 2. The van der Waals surface area contributed by atoms with Gasteiger partial charge in [0.05, 0.1) is 5.76 Å². The lowest BCUT2D eigenvalue weighted by Gasteiger charge is -2.18. The monoisotopic (exact) mass is 127 g/mol. The van der Waals surface area contributed by atoms with Crippen LogP contribution in [-0.2, 0) is 0 Å². The van der Waals surface area contributed by atoms with E-state index in [2.05, 4.69) is 0 Å². The normalized spacial score (nSPS) is 28.9. The van der Waals surface area contributed by atoms with Crippen LogP contribution < -0.4 is 5.73 Å². The van der Waals surface area contributed by atoms with Crippen molar-refractivity contribution >= 4 is 0 Å². The average Bonchev–Trinajstić information content (AvgIpc) is 1.80. The van der Waals surface area contributed by atoms with Crippen molar-refractivity contribution in [3.63, 3.8) is 0 Å². The minimum atomic E-state index is 0.189. The van der Waals surface area contributed by atoms with Crippen molar-refractivity contribution in [1.29, 1.82) is 0 Å². The fraction of sp³-hybridized carbons (Fsp3) is 0.714. The Bertz CT molecular complexity index is 140. The summed E-state index contributed by atoms with van der Waals surface area (Å²) < 4.78 is 0. The molecule has 0 aromatic rings. The van der Waals surface area contributed by atoms with Gasteiger partial charge in [-0.25, -0.2) is 0 Å². The summed E-state index contributed by atoms with van der Waals surface area (Å²) >= 11 is 0. The number of allylic oxidation sites excluding steroid dienone is 1. The third-order valence-corrected chi connectivity index (χ3v) is 1.84. The Morgan fingerprint density at radius 1 is 1.67 bits per heavy atom. The fourth-order valence-corrected chi connectivity index (χ4v) is 1.07. The zero-order valence-electron chi connectivity index (χ0n) is 5.72. The molecule has 0 aromatic heterocycles. The predicted molar refractivity (Wildman–Crippen MR) is 37.2 cm³/mol. The van der Waals surface area contributed by atoms with Crippen LogP contribution in [-0.4, -0.2) is 11.1 Å². The van der Waals surface area contributed by atoms with Crippen molar-refractivity contribution in [2.45, 2.75) is 32.2 Å². The van der Waals surface area contributed by atoms with Gasteiger partial charge in [-0.2, -0.15) is 0 Å². The van der Waals surface area contributed by atoms with Crippen LogP contribution in [0.3, 0.4) is 0 Å². The van der Waals surface area contributed by atoms with E-state index < -0.39 is 0 Å². The Kier molecular flexibility index (Phi) is 1.76. The van der Waals surface area contributed by atoms with Gasteiger partial charge in [-0.15, -0.1) is 0 Å². The van der Waals surface area contributed by atoms with Crippen LogP contribution in [0.25, 0.3) is 0 Å². The third-order valence-electron chi connectivity index (χ3n) is 1.84. The molecule has 52 valence electrons. The zero-order chi connectivity index (χ0) is 6.85. The minimum Gasteiger partial charge on any atom is -0.512 e. The van der Waals surface area contributed by atoms with Crippen LogP contribution in [0.2, 0.25) is 0 Å². The molecule has 1 aliphatic carbocycles. The maximum absolute atomic E-state index is 9.15. The summed E-state index contributed by atoms with van der Waals surface area (Å²) in [7, 11) is 0. The van der Waals surface area contributed by atoms with Crippen molar-refractivity contribution in [3.8, 4) is 0 Å². The van der Waals surface area contributed by atoms with Crippen molar-refractivity contribution < 1.29 is 5.11 Å². The summed E-state index contributed by atoms with van der Waals surface area (Å²) in [6.07, 6.45) is 2.66. The van der Waals surface area contributed by atoms with Gasteiger partial charge >= 0.3 is 0 Å². The van der Waals surface area contributed by atoms with Crippen molar-refractivity contribution in [2.24, 2.45) is 5.73 Å². The van der Waals surface area contributed by atoms with Crippen LogP contribution >= 0.6 is 0 Å². The molecule has 0 spiro atoms. The summed E-state index contributed by atoms with van der Waals surface area (Å²) in [6.45, 7) is 1.96. The summed E-state index contributed by atoms with van der Waals surface area (Å²) in [4.78, 5) is 0. The van der Waals surface area contributed by atoms with Gasteiger partial charge in [0.25, 0.3) is 0 Å². The molecule has 1 rings (SSSR count). The van der Waals surface area contributed by atoms with E-state index in [1.165, 1.54) is 0 Å². The van der Waals surface area contributed by atoms with E-state index in [4.69, 9.17) is 10.8 Å². The summed E-state index contributed by atoms with van der Waals surface area (Å²) in [6, 6.07) is 0.189. The summed E-state index contributed by atoms with van der Waals surface area (Å²) in [5.41, 5.74) is 6.70. The van der Waals surface area contributed by atoms with E-state index in [-0.39, 0.29) is 6.04 Å². The first-order valence-electron chi connectivity index (χ1n) is 3.33. The fourth-order valence-electron chi connectivity index (χ4n) is 1.07. The Balaban J connectivity index is 2.61. The molecule has 0 saturated heterocycles. The van der Waals surface area contributed by atoms with Crippen LogP contribution in [0.4, 0.5) is 0 Å². The van der Waals surface area contributed by atoms with Crippen LogP contribution in [0.5, 0.6) is 0 Å². The second-order valence-electron chi connectivity index (χ2n) is 2.73. The van der Waals surface area contributed by atoms with E-state index >= 15 is 0 Å². The molecule has 3 N–H and O–H groups in total. The summed E-state index contributed by atoms with van der Waals surface area (Å²) in [5.74, 6) is 0.508. The number of aliphatic hydroxyl groups is 1. The first kappa shape index (κ1) is 6.62. The molecule has 0 aliphatic heterocycles. The maximum Gasteiger partial charge on any atom is 0.0927 e. The van der Waals surface area contributed by atoms with Gasteiger partial charge in [-0.3, -0.25) is 0 Å². The van der Waals surface area contributed by atoms with Crippen molar-refractivity contribution in [1.82, 2.24) is 0 Å². The van der Waals surface area contributed by atoms with E-state index in [1.807, 2.05) is 6.92 Å². The van der Waals surface area contributed by atoms with Crippen LogP contribution in [0, 0.1) is 0 Å². The number of nitrogens with two attached hydrogens (primary N) is 1. The Morgan fingerprint density at radius 3 is 2.78 bits per heavy atom. The molecular weight excluding hydrogens is 114 g/mol. The zero-order valence-corrected chi connectivity index (χ0v) is 5.72. The highest BCUT2D eigenvalue weighted by molar-refractivity contribution is 5.09. The molecule has 0 amide bonds. The molecule has 0 heterocycles. The Hall–Kier alpha value is -0.500. The quantitative estimate of drug-likeness (QED) is 0.515. The molecule has 0 radical (unpaired) electrons. The van der Waals surface area contributed by atoms with E-state index in [0.717, 1.165) is 18.4 Å². The van der Waals surface area contributed by atoms with E-state index in [9.17, 15) is 0 Å². The first-order valence-corrected chi connectivity index (χ1v) is 3.33. The highest BCUT2D eigenvalue weighted by Gasteiger charge is 2.13. The second-order valence-corrected chi connectivity index (χ2v) is 2.73. The molecule has 0 aromatic carbocycles. The molecule has 0 fully saturated rings. The number of aliphatic hydroxyl groups excluding tert-OH is 1. The maximum atomic E-state index is 9.15. The standard InChI is InChI=1S/C7H13NO/c1-5-2-3-6(8)4-7(5)9/h6,9H,2-4,8H2,1H3/t6-/m1/s1. The topological polar surface area (TPSA) is 46.2 Å². The highest BCUT2D eigenvalue weighted by atomic mass is 16.3. The van der Waals surface area contributed by atoms with Crippen LogP contribution in [0.15, 0.2) is 11.3 Å². The van der Waals surface area contributed by atoms with Gasteiger partial charge in [0.1, 0.15) is 0 Å². The lowest BCUT2D eigenvalue weighted by Crippen LogP contribution is -2.23. The molecule has 1 aliphatic rings. The minimum absolute atomic E-state index is 0.189. The van der Waals surface area contributed by atoms with Gasteiger partial charge in [0.2, 0.25) is 0 Å². The summed E-state index contributed by atoms with van der Waals surface area (Å²) in [5, 5.41) is 9.15. The molecule has 0 bridgehead atoms. The van der Waals surface area contributed by atoms with Gasteiger partial charge < -0.3 is 10.8 Å². The molecule has 2 heteroatoms. The Labute approximate surface area is 55.4 Å². The lowest BCUT2D eigenvalue weighted by atomic mass is 9.95. The van der Waals surface area contributed by atoms with E-state index in [0.29, 0.717) is 12.2 Å². The van der Waals surface area contributed by atoms with Crippen molar-refractivity contribution in [2.75, 3.05) is 0 Å². The molecule has 9 heavy (non-hydrogen) atoms. The number of rotatable bonds is 0. The van der Waals surface area contributed by atoms with Gasteiger partial charge in [-0.05, 0) is 25.3 Å². The lowest BCUT2D eigenvalue weighted by molar-refractivity contribution is 0.343. The molecule has 0 unspecified atom stereocenters. The largest absolute Gasteiger partial charge is 0.512 e. The predicted octanol–water partition coefficient (Wildman–Crippen LogP) is 1.33. The smallest absolute Gasteiger partial charge is 0.0927 e. The van der Waals surface area contributed by atoms with Crippen LogP contribution in [0.1, 0.15) is 26.2 Å².